The molecule has 0 aliphatic rings. The normalized spacial score (nSPS) is 13.2. The van der Waals surface area contributed by atoms with E-state index in [1.807, 2.05) is 6.92 Å². The van der Waals surface area contributed by atoms with Crippen LogP contribution in [0.25, 0.3) is 0 Å². The van der Waals surface area contributed by atoms with Gasteiger partial charge in [0.1, 0.15) is 11.6 Å². The summed E-state index contributed by atoms with van der Waals surface area (Å²) < 4.78 is 27.0. The van der Waals surface area contributed by atoms with Gasteiger partial charge in [-0.3, -0.25) is 9.59 Å². The second-order valence-electron chi connectivity index (χ2n) is 5.77. The molecule has 5 nitrogen and oxygen atoms in total. The first kappa shape index (κ1) is 20.0. The van der Waals surface area contributed by atoms with Gasteiger partial charge in [-0.25, -0.2) is 8.78 Å². The van der Waals surface area contributed by atoms with Crippen molar-refractivity contribution in [3.63, 3.8) is 0 Å². The van der Waals surface area contributed by atoms with Crippen molar-refractivity contribution in [2.75, 3.05) is 6.54 Å². The summed E-state index contributed by atoms with van der Waals surface area (Å²) in [6.45, 7) is 3.62. The standard InChI is InChI=1S/C17H25F2N3O2/c1-3-4-5-13(10-20)22-17(24)9-16(21-11(2)23)14-7-6-12(18)8-15(14)19/h6-8,13,16H,3-5,9-10,20H2,1-2H3,(H,21,23)(H,22,24). The predicted octanol–water partition coefficient (Wildman–Crippen LogP) is 2.17. The number of rotatable bonds is 9. The second kappa shape index (κ2) is 9.97. The minimum atomic E-state index is -0.868. The molecular weight excluding hydrogens is 316 g/mol. The third-order valence-electron chi connectivity index (χ3n) is 3.66. The molecule has 0 aliphatic carbocycles. The molecule has 0 saturated heterocycles. The van der Waals surface area contributed by atoms with Crippen molar-refractivity contribution >= 4 is 11.8 Å². The van der Waals surface area contributed by atoms with Gasteiger partial charge in [0.15, 0.2) is 0 Å². The van der Waals surface area contributed by atoms with Gasteiger partial charge in [0.25, 0.3) is 0 Å². The zero-order valence-corrected chi connectivity index (χ0v) is 14.1. The van der Waals surface area contributed by atoms with Crippen LogP contribution in [0.1, 0.15) is 51.1 Å². The van der Waals surface area contributed by atoms with Crippen molar-refractivity contribution in [1.82, 2.24) is 10.6 Å². The van der Waals surface area contributed by atoms with Gasteiger partial charge >= 0.3 is 0 Å². The van der Waals surface area contributed by atoms with Crippen molar-refractivity contribution in [3.05, 3.63) is 35.4 Å². The number of hydrogen-bond donors (Lipinski definition) is 3. The van der Waals surface area contributed by atoms with E-state index in [4.69, 9.17) is 5.73 Å². The zero-order chi connectivity index (χ0) is 18.1. The quantitative estimate of drug-likeness (QED) is 0.643. The summed E-state index contributed by atoms with van der Waals surface area (Å²) in [6.07, 6.45) is 2.53. The maximum absolute atomic E-state index is 14.0. The van der Waals surface area contributed by atoms with Crippen molar-refractivity contribution in [1.29, 1.82) is 0 Å². The van der Waals surface area contributed by atoms with Gasteiger partial charge in [-0.2, -0.15) is 0 Å². The molecule has 0 heterocycles. The maximum atomic E-state index is 14.0. The van der Waals surface area contributed by atoms with E-state index in [1.54, 1.807) is 0 Å². The van der Waals surface area contributed by atoms with Gasteiger partial charge in [-0.1, -0.05) is 25.8 Å². The predicted molar refractivity (Wildman–Crippen MR) is 88.0 cm³/mol. The first-order valence-corrected chi connectivity index (χ1v) is 8.08. The Balaban J connectivity index is 2.82. The lowest BCUT2D eigenvalue weighted by molar-refractivity contribution is -0.123. The molecule has 0 saturated carbocycles. The summed E-state index contributed by atoms with van der Waals surface area (Å²) in [7, 11) is 0. The fraction of sp³-hybridized carbons (Fsp3) is 0.529. The van der Waals surface area contributed by atoms with E-state index in [0.717, 1.165) is 31.4 Å². The van der Waals surface area contributed by atoms with Crippen molar-refractivity contribution in [2.45, 2.75) is 51.6 Å². The first-order chi connectivity index (χ1) is 11.4. The summed E-state index contributed by atoms with van der Waals surface area (Å²) >= 11 is 0. The van der Waals surface area contributed by atoms with E-state index < -0.39 is 23.6 Å². The number of nitrogens with two attached hydrogens (primary N) is 1. The number of benzene rings is 1. The van der Waals surface area contributed by atoms with Crippen LogP contribution in [0.2, 0.25) is 0 Å². The molecule has 0 fully saturated rings. The summed E-state index contributed by atoms with van der Waals surface area (Å²) in [4.78, 5) is 23.6. The van der Waals surface area contributed by atoms with Crippen LogP contribution in [0.15, 0.2) is 18.2 Å². The molecule has 4 N–H and O–H groups in total. The molecule has 2 atom stereocenters. The Kier molecular flexibility index (Phi) is 8.32. The highest BCUT2D eigenvalue weighted by atomic mass is 19.1. The van der Waals surface area contributed by atoms with E-state index >= 15 is 0 Å². The van der Waals surface area contributed by atoms with Crippen LogP contribution in [-0.4, -0.2) is 24.4 Å². The third-order valence-corrected chi connectivity index (χ3v) is 3.66. The van der Waals surface area contributed by atoms with E-state index in [1.165, 1.54) is 13.0 Å². The molecule has 24 heavy (non-hydrogen) atoms. The average Bonchev–Trinajstić information content (AvgIpc) is 2.50. The van der Waals surface area contributed by atoms with E-state index in [9.17, 15) is 18.4 Å². The lowest BCUT2D eigenvalue weighted by atomic mass is 10.0. The molecule has 2 amide bonds. The molecular formula is C17H25F2N3O2. The first-order valence-electron chi connectivity index (χ1n) is 8.08. The summed E-state index contributed by atoms with van der Waals surface area (Å²) in [5.74, 6) is -2.27. The molecule has 0 aliphatic heterocycles. The second-order valence-corrected chi connectivity index (χ2v) is 5.77. The number of unbranched alkanes of at least 4 members (excludes halogenated alkanes) is 1. The SMILES string of the molecule is CCCCC(CN)NC(=O)CC(NC(C)=O)c1ccc(F)cc1F. The molecule has 7 heteroatoms. The lowest BCUT2D eigenvalue weighted by Gasteiger charge is -2.21. The Morgan fingerprint density at radius 2 is 1.96 bits per heavy atom. The Morgan fingerprint density at radius 1 is 1.25 bits per heavy atom. The molecule has 134 valence electrons. The molecule has 0 bridgehead atoms. The van der Waals surface area contributed by atoms with Gasteiger partial charge in [0.2, 0.25) is 11.8 Å². The van der Waals surface area contributed by atoms with Crippen LogP contribution in [0.3, 0.4) is 0 Å². The monoisotopic (exact) mass is 341 g/mol. The van der Waals surface area contributed by atoms with Gasteiger partial charge in [0, 0.05) is 31.1 Å². The summed E-state index contributed by atoms with van der Waals surface area (Å²) in [5.41, 5.74) is 5.71. The Labute approximate surface area is 141 Å². The van der Waals surface area contributed by atoms with Gasteiger partial charge < -0.3 is 16.4 Å². The van der Waals surface area contributed by atoms with Crippen LogP contribution >= 0.6 is 0 Å². The minimum absolute atomic E-state index is 0.0691. The van der Waals surface area contributed by atoms with Crippen LogP contribution in [0.4, 0.5) is 8.78 Å². The van der Waals surface area contributed by atoms with Crippen LogP contribution in [-0.2, 0) is 9.59 Å². The number of halogens is 2. The largest absolute Gasteiger partial charge is 0.352 e. The fourth-order valence-corrected chi connectivity index (χ4v) is 2.44. The number of nitrogens with one attached hydrogen (secondary N) is 2. The van der Waals surface area contributed by atoms with Crippen molar-refractivity contribution < 1.29 is 18.4 Å². The van der Waals surface area contributed by atoms with Crippen LogP contribution in [0.5, 0.6) is 0 Å². The topological polar surface area (TPSA) is 84.2 Å². The van der Waals surface area contributed by atoms with Gasteiger partial charge in [-0.15, -0.1) is 0 Å². The smallest absolute Gasteiger partial charge is 0.222 e. The maximum Gasteiger partial charge on any atom is 0.222 e. The third kappa shape index (κ3) is 6.62. The number of carbonyl (C=O) groups is 2. The van der Waals surface area contributed by atoms with Gasteiger partial charge in [0.05, 0.1) is 12.5 Å². The number of hydrogen-bond acceptors (Lipinski definition) is 3. The highest BCUT2D eigenvalue weighted by Gasteiger charge is 2.22. The van der Waals surface area contributed by atoms with E-state index in [2.05, 4.69) is 10.6 Å². The highest BCUT2D eigenvalue weighted by molar-refractivity contribution is 5.79. The Morgan fingerprint density at radius 3 is 2.50 bits per heavy atom. The highest BCUT2D eigenvalue weighted by Crippen LogP contribution is 2.21. The molecule has 1 aromatic carbocycles. The number of carbonyl (C=O) groups excluding carboxylic acids is 2. The van der Waals surface area contributed by atoms with Crippen molar-refractivity contribution in [3.8, 4) is 0 Å². The molecule has 0 aromatic heterocycles. The molecule has 0 spiro atoms. The molecule has 0 radical (unpaired) electrons. The minimum Gasteiger partial charge on any atom is -0.352 e. The molecule has 1 rings (SSSR count). The van der Waals surface area contributed by atoms with Gasteiger partial charge in [-0.05, 0) is 12.5 Å². The van der Waals surface area contributed by atoms with E-state index in [-0.39, 0.29) is 23.9 Å². The van der Waals surface area contributed by atoms with E-state index in [0.29, 0.717) is 6.54 Å². The van der Waals surface area contributed by atoms with Crippen LogP contribution in [0, 0.1) is 11.6 Å². The van der Waals surface area contributed by atoms with Crippen LogP contribution < -0.4 is 16.4 Å². The number of amides is 2. The Hall–Kier alpha value is -2.02. The molecule has 2 unspecified atom stereocenters. The Bertz CT molecular complexity index is 567. The summed E-state index contributed by atoms with van der Waals surface area (Å²) in [5, 5.41) is 5.32. The lowest BCUT2D eigenvalue weighted by Crippen LogP contribution is -2.42. The zero-order valence-electron chi connectivity index (χ0n) is 14.1. The van der Waals surface area contributed by atoms with Crippen molar-refractivity contribution in [2.24, 2.45) is 5.73 Å². The molecule has 1 aromatic rings. The average molecular weight is 341 g/mol. The fourth-order valence-electron chi connectivity index (χ4n) is 2.44. The summed E-state index contributed by atoms with van der Waals surface area (Å²) in [6, 6.07) is 2.03.